The second kappa shape index (κ2) is 13.4. The van der Waals surface area contributed by atoms with E-state index in [2.05, 4.69) is 28.6 Å². The van der Waals surface area contributed by atoms with Crippen LogP contribution in [-0.2, 0) is 30.4 Å². The number of hydrogen-bond acceptors (Lipinski definition) is 7. The summed E-state index contributed by atoms with van der Waals surface area (Å²) in [6.07, 6.45) is -0.488. The first-order chi connectivity index (χ1) is 15.5. The maximum absolute atomic E-state index is 13.0. The number of carbonyl (C=O) groups is 5. The lowest BCUT2D eigenvalue weighted by molar-refractivity contribution is -0.143. The van der Waals surface area contributed by atoms with Gasteiger partial charge in [0.1, 0.15) is 18.1 Å². The molecule has 11 nitrogen and oxygen atoms in total. The second-order valence-electron chi connectivity index (χ2n) is 7.83. The average molecular weight is 482 g/mol. The lowest BCUT2D eigenvalue weighted by Gasteiger charge is -2.25. The number of carboxylic acid groups (broad SMARTS) is 1. The Morgan fingerprint density at radius 2 is 1.42 bits per heavy atom. The molecule has 0 spiro atoms. The molecule has 0 aliphatic carbocycles. The molecule has 0 radical (unpaired) electrons. The van der Waals surface area contributed by atoms with Crippen LogP contribution in [-0.4, -0.2) is 64.6 Å². The summed E-state index contributed by atoms with van der Waals surface area (Å²) >= 11 is 4.05. The maximum atomic E-state index is 13.0. The van der Waals surface area contributed by atoms with Crippen LogP contribution in [0.4, 0.5) is 0 Å². The largest absolute Gasteiger partial charge is 0.480 e. The molecule has 33 heavy (non-hydrogen) atoms. The minimum absolute atomic E-state index is 0.129. The molecule has 182 valence electrons. The Kier molecular flexibility index (Phi) is 11.4. The predicted octanol–water partition coefficient (Wildman–Crippen LogP) is -1.44. The van der Waals surface area contributed by atoms with E-state index in [0.717, 1.165) is 5.56 Å². The van der Waals surface area contributed by atoms with E-state index in [-0.39, 0.29) is 18.1 Å². The normalized spacial score (nSPS) is 14.5. The summed E-state index contributed by atoms with van der Waals surface area (Å²) in [6, 6.07) is 4.23. The number of primary amides is 1. The first kappa shape index (κ1) is 27.9. The van der Waals surface area contributed by atoms with Gasteiger partial charge >= 0.3 is 5.97 Å². The zero-order chi connectivity index (χ0) is 25.1. The monoisotopic (exact) mass is 481 g/mol. The van der Waals surface area contributed by atoms with Crippen molar-refractivity contribution < 1.29 is 29.1 Å². The van der Waals surface area contributed by atoms with E-state index >= 15 is 0 Å². The van der Waals surface area contributed by atoms with Crippen LogP contribution < -0.4 is 27.4 Å². The van der Waals surface area contributed by atoms with Crippen molar-refractivity contribution in [3.05, 3.63) is 35.9 Å². The highest BCUT2D eigenvalue weighted by molar-refractivity contribution is 7.80. The minimum atomic E-state index is -1.56. The van der Waals surface area contributed by atoms with Gasteiger partial charge in [0.2, 0.25) is 23.6 Å². The Labute approximate surface area is 197 Å². The molecule has 12 heteroatoms. The lowest BCUT2D eigenvalue weighted by Crippen LogP contribution is -2.58. The smallest absolute Gasteiger partial charge is 0.326 e. The lowest BCUT2D eigenvalue weighted by atomic mass is 10.0. The number of thiol groups is 1. The highest BCUT2D eigenvalue weighted by atomic mass is 32.1. The molecule has 0 aromatic heterocycles. The van der Waals surface area contributed by atoms with Crippen molar-refractivity contribution in [2.24, 2.45) is 17.4 Å². The Bertz CT molecular complexity index is 851. The van der Waals surface area contributed by atoms with Crippen LogP contribution in [0, 0.1) is 5.92 Å². The van der Waals surface area contributed by atoms with Crippen molar-refractivity contribution in [2.45, 2.75) is 50.9 Å². The highest BCUT2D eigenvalue weighted by Gasteiger charge is 2.30. The van der Waals surface area contributed by atoms with Crippen molar-refractivity contribution in [3.63, 3.8) is 0 Å². The van der Waals surface area contributed by atoms with E-state index in [1.165, 1.54) is 0 Å². The molecule has 4 atom stereocenters. The number of benzene rings is 1. The molecule has 8 N–H and O–H groups in total. The van der Waals surface area contributed by atoms with Crippen LogP contribution in [0.2, 0.25) is 0 Å². The highest BCUT2D eigenvalue weighted by Crippen LogP contribution is 2.06. The number of aliphatic carboxylic acids is 1. The molecule has 0 heterocycles. The third-order valence-corrected chi connectivity index (χ3v) is 5.14. The molecular weight excluding hydrogens is 450 g/mol. The fourth-order valence-corrected chi connectivity index (χ4v) is 3.03. The van der Waals surface area contributed by atoms with Crippen molar-refractivity contribution in [2.75, 3.05) is 5.75 Å². The zero-order valence-corrected chi connectivity index (χ0v) is 19.4. The van der Waals surface area contributed by atoms with E-state index in [1.807, 2.05) is 0 Å². The van der Waals surface area contributed by atoms with E-state index in [0.29, 0.717) is 0 Å². The van der Waals surface area contributed by atoms with Crippen LogP contribution in [0.15, 0.2) is 30.3 Å². The zero-order valence-electron chi connectivity index (χ0n) is 18.5. The van der Waals surface area contributed by atoms with E-state index in [4.69, 9.17) is 16.6 Å². The summed E-state index contributed by atoms with van der Waals surface area (Å²) in [5.74, 6) is -4.78. The molecule has 0 aliphatic rings. The molecule has 4 unspecified atom stereocenters. The van der Waals surface area contributed by atoms with Gasteiger partial charge in [-0.25, -0.2) is 4.79 Å². The SMILES string of the molecule is CC(C)C(N)C(=O)NC(Cc1ccccc1)C(=O)NC(CS)C(=O)NC(CC(N)=O)C(=O)O. The molecule has 1 rings (SSSR count). The second-order valence-corrected chi connectivity index (χ2v) is 8.20. The Morgan fingerprint density at radius 3 is 1.91 bits per heavy atom. The van der Waals surface area contributed by atoms with Crippen molar-refractivity contribution in [3.8, 4) is 0 Å². The third-order valence-electron chi connectivity index (χ3n) is 4.77. The van der Waals surface area contributed by atoms with Gasteiger partial charge in [-0.1, -0.05) is 44.2 Å². The molecule has 0 fully saturated rings. The molecule has 1 aromatic rings. The van der Waals surface area contributed by atoms with Gasteiger partial charge in [-0.05, 0) is 11.5 Å². The van der Waals surface area contributed by atoms with E-state index in [1.54, 1.807) is 44.2 Å². The van der Waals surface area contributed by atoms with Gasteiger partial charge < -0.3 is 32.5 Å². The van der Waals surface area contributed by atoms with Gasteiger partial charge in [-0.2, -0.15) is 12.6 Å². The molecule has 0 bridgehead atoms. The fourth-order valence-electron chi connectivity index (χ4n) is 2.77. The van der Waals surface area contributed by atoms with Gasteiger partial charge in [-0.3, -0.25) is 19.2 Å². The number of amides is 4. The standard InChI is InChI=1S/C21H31N5O6S/c1-11(2)17(23)20(30)24-13(8-12-6-4-3-5-7-12)18(28)26-15(10-33)19(29)25-14(21(31)32)9-16(22)27/h3-7,11,13-15,17,33H,8-10,23H2,1-2H3,(H2,22,27)(H,24,30)(H,25,29)(H,26,28)(H,31,32). The van der Waals surface area contributed by atoms with Crippen molar-refractivity contribution in [1.29, 1.82) is 0 Å². The molecule has 0 saturated carbocycles. The number of rotatable bonds is 13. The number of hydrogen-bond donors (Lipinski definition) is 7. The van der Waals surface area contributed by atoms with Crippen LogP contribution in [0.3, 0.4) is 0 Å². The van der Waals surface area contributed by atoms with Crippen LogP contribution in [0.1, 0.15) is 25.8 Å². The summed E-state index contributed by atoms with van der Waals surface area (Å²) in [6.45, 7) is 3.53. The first-order valence-electron chi connectivity index (χ1n) is 10.3. The third kappa shape index (κ3) is 9.49. The molecule has 0 aliphatic heterocycles. The van der Waals surface area contributed by atoms with Gasteiger partial charge in [-0.15, -0.1) is 0 Å². The quantitative estimate of drug-likeness (QED) is 0.168. The van der Waals surface area contributed by atoms with Crippen molar-refractivity contribution in [1.82, 2.24) is 16.0 Å². The van der Waals surface area contributed by atoms with Gasteiger partial charge in [0.15, 0.2) is 0 Å². The predicted molar refractivity (Wildman–Crippen MR) is 124 cm³/mol. The Hall–Kier alpha value is -3.12. The van der Waals surface area contributed by atoms with Gasteiger partial charge in [0.05, 0.1) is 12.5 Å². The first-order valence-corrected chi connectivity index (χ1v) is 10.9. The number of carboxylic acids is 1. The Morgan fingerprint density at radius 1 is 0.909 bits per heavy atom. The van der Waals surface area contributed by atoms with Gasteiger partial charge in [0, 0.05) is 12.2 Å². The minimum Gasteiger partial charge on any atom is -0.480 e. The van der Waals surface area contributed by atoms with E-state index in [9.17, 15) is 24.0 Å². The number of nitrogens with two attached hydrogens (primary N) is 2. The van der Waals surface area contributed by atoms with Gasteiger partial charge in [0.25, 0.3) is 0 Å². The van der Waals surface area contributed by atoms with Crippen molar-refractivity contribution >= 4 is 42.2 Å². The summed E-state index contributed by atoms with van der Waals surface area (Å²) in [4.78, 5) is 60.3. The molecular formula is C21H31N5O6S. The summed E-state index contributed by atoms with van der Waals surface area (Å²) in [5, 5.41) is 16.4. The average Bonchev–Trinajstić information content (AvgIpc) is 2.75. The maximum Gasteiger partial charge on any atom is 0.326 e. The van der Waals surface area contributed by atoms with Crippen LogP contribution >= 0.6 is 12.6 Å². The van der Waals surface area contributed by atoms with Crippen LogP contribution in [0.5, 0.6) is 0 Å². The number of nitrogens with one attached hydrogen (secondary N) is 3. The molecule has 1 aromatic carbocycles. The summed E-state index contributed by atoms with van der Waals surface area (Å²) in [7, 11) is 0. The number of carbonyl (C=O) groups excluding carboxylic acids is 4. The molecule has 4 amide bonds. The topological polar surface area (TPSA) is 194 Å². The summed E-state index contributed by atoms with van der Waals surface area (Å²) in [5.41, 5.74) is 11.7. The summed E-state index contributed by atoms with van der Waals surface area (Å²) < 4.78 is 0. The molecule has 0 saturated heterocycles. The van der Waals surface area contributed by atoms with E-state index < -0.39 is 60.2 Å². The Balaban J connectivity index is 2.99. The fraction of sp³-hybridized carbons (Fsp3) is 0.476. The van der Waals surface area contributed by atoms with Crippen LogP contribution in [0.25, 0.3) is 0 Å².